The Bertz CT molecular complexity index is 354. The van der Waals surface area contributed by atoms with Crippen molar-refractivity contribution in [1.82, 2.24) is 20.3 Å². The lowest BCUT2D eigenvalue weighted by molar-refractivity contribution is -0.121. The van der Waals surface area contributed by atoms with Gasteiger partial charge in [0.2, 0.25) is 5.91 Å². The van der Waals surface area contributed by atoms with Crippen molar-refractivity contribution >= 4 is 5.91 Å². The molecule has 0 saturated carbocycles. The highest BCUT2D eigenvalue weighted by Crippen LogP contribution is 2.15. The molecular formula is C10H18N4O2. The fourth-order valence-corrected chi connectivity index (χ4v) is 1.19. The standard InChI is InChI=1S/C10H18N4O2/c1-4-11-9(15)5-6-14-7-8(12-13-14)10(2,3)16/h7,16H,4-6H2,1-3H3,(H,11,15). The van der Waals surface area contributed by atoms with Gasteiger partial charge in [0, 0.05) is 13.0 Å². The van der Waals surface area contributed by atoms with E-state index in [2.05, 4.69) is 15.6 Å². The first-order chi connectivity index (χ1) is 7.43. The van der Waals surface area contributed by atoms with Gasteiger partial charge >= 0.3 is 0 Å². The summed E-state index contributed by atoms with van der Waals surface area (Å²) in [4.78, 5) is 11.2. The molecule has 0 unspecified atom stereocenters. The first kappa shape index (κ1) is 12.6. The molecule has 0 atom stereocenters. The van der Waals surface area contributed by atoms with E-state index in [1.54, 1.807) is 24.7 Å². The van der Waals surface area contributed by atoms with Crippen molar-refractivity contribution < 1.29 is 9.90 Å². The number of nitrogens with one attached hydrogen (secondary N) is 1. The van der Waals surface area contributed by atoms with Crippen LogP contribution in [0, 0.1) is 0 Å². The van der Waals surface area contributed by atoms with Gasteiger partial charge in [0.05, 0.1) is 12.7 Å². The molecule has 0 fully saturated rings. The van der Waals surface area contributed by atoms with Gasteiger partial charge in [0.25, 0.3) is 0 Å². The molecule has 1 amide bonds. The molecule has 16 heavy (non-hydrogen) atoms. The van der Waals surface area contributed by atoms with E-state index in [1.165, 1.54) is 0 Å². The van der Waals surface area contributed by atoms with Gasteiger partial charge in [-0.3, -0.25) is 9.48 Å². The minimum Gasteiger partial charge on any atom is -0.384 e. The summed E-state index contributed by atoms with van der Waals surface area (Å²) in [6.45, 7) is 6.26. The SMILES string of the molecule is CCNC(=O)CCn1cc(C(C)(C)O)nn1. The smallest absolute Gasteiger partial charge is 0.221 e. The number of carbonyl (C=O) groups is 1. The van der Waals surface area contributed by atoms with Crippen LogP contribution >= 0.6 is 0 Å². The summed E-state index contributed by atoms with van der Waals surface area (Å²) >= 11 is 0. The van der Waals surface area contributed by atoms with E-state index >= 15 is 0 Å². The van der Waals surface area contributed by atoms with Crippen molar-refractivity contribution in [1.29, 1.82) is 0 Å². The molecule has 0 spiro atoms. The second-order valence-corrected chi connectivity index (χ2v) is 4.13. The van der Waals surface area contributed by atoms with Crippen molar-refractivity contribution in [3.63, 3.8) is 0 Å². The Balaban J connectivity index is 2.50. The van der Waals surface area contributed by atoms with E-state index in [0.717, 1.165) is 0 Å². The highest BCUT2D eigenvalue weighted by atomic mass is 16.3. The molecule has 2 N–H and O–H groups in total. The van der Waals surface area contributed by atoms with E-state index in [0.29, 0.717) is 25.2 Å². The van der Waals surface area contributed by atoms with E-state index in [9.17, 15) is 9.90 Å². The minimum absolute atomic E-state index is 0.0113. The summed E-state index contributed by atoms with van der Waals surface area (Å²) in [6, 6.07) is 0. The molecule has 1 aromatic rings. The largest absolute Gasteiger partial charge is 0.384 e. The zero-order valence-electron chi connectivity index (χ0n) is 9.90. The number of amides is 1. The molecule has 0 aliphatic carbocycles. The third kappa shape index (κ3) is 3.62. The third-order valence-corrected chi connectivity index (χ3v) is 2.11. The normalized spacial score (nSPS) is 11.5. The Hall–Kier alpha value is -1.43. The molecule has 1 rings (SSSR count). The number of hydrogen-bond donors (Lipinski definition) is 2. The zero-order valence-corrected chi connectivity index (χ0v) is 9.90. The van der Waals surface area contributed by atoms with Crippen molar-refractivity contribution in [3.05, 3.63) is 11.9 Å². The molecule has 0 saturated heterocycles. The minimum atomic E-state index is -0.996. The molecule has 1 aromatic heterocycles. The second-order valence-electron chi connectivity index (χ2n) is 4.13. The Morgan fingerprint density at radius 2 is 2.31 bits per heavy atom. The fourth-order valence-electron chi connectivity index (χ4n) is 1.19. The van der Waals surface area contributed by atoms with Gasteiger partial charge in [-0.15, -0.1) is 5.10 Å². The summed E-state index contributed by atoms with van der Waals surface area (Å²) in [7, 11) is 0. The summed E-state index contributed by atoms with van der Waals surface area (Å²) < 4.78 is 1.56. The number of hydrogen-bond acceptors (Lipinski definition) is 4. The quantitative estimate of drug-likeness (QED) is 0.742. The van der Waals surface area contributed by atoms with Crippen LogP contribution in [0.4, 0.5) is 0 Å². The van der Waals surface area contributed by atoms with Crippen LogP contribution in [-0.4, -0.2) is 32.6 Å². The van der Waals surface area contributed by atoms with Crippen LogP contribution in [0.25, 0.3) is 0 Å². The van der Waals surface area contributed by atoms with Crippen molar-refractivity contribution in [2.45, 2.75) is 39.3 Å². The number of carbonyl (C=O) groups excluding carboxylic acids is 1. The third-order valence-electron chi connectivity index (χ3n) is 2.11. The monoisotopic (exact) mass is 226 g/mol. The van der Waals surface area contributed by atoms with E-state index < -0.39 is 5.60 Å². The van der Waals surface area contributed by atoms with Gasteiger partial charge in [0.1, 0.15) is 11.3 Å². The summed E-state index contributed by atoms with van der Waals surface area (Å²) in [5.41, 5.74) is -0.493. The lowest BCUT2D eigenvalue weighted by Gasteiger charge is -2.11. The molecular weight excluding hydrogens is 208 g/mol. The Labute approximate surface area is 94.7 Å². The Morgan fingerprint density at radius 1 is 1.62 bits per heavy atom. The van der Waals surface area contributed by atoms with Crippen molar-refractivity contribution in [3.8, 4) is 0 Å². The second kappa shape index (κ2) is 5.07. The van der Waals surface area contributed by atoms with Crippen LogP contribution in [0.15, 0.2) is 6.20 Å². The lowest BCUT2D eigenvalue weighted by atomic mass is 10.1. The predicted molar refractivity (Wildman–Crippen MR) is 58.6 cm³/mol. The van der Waals surface area contributed by atoms with Crippen LogP contribution in [0.2, 0.25) is 0 Å². The lowest BCUT2D eigenvalue weighted by Crippen LogP contribution is -2.23. The average molecular weight is 226 g/mol. The molecule has 0 aromatic carbocycles. The molecule has 0 bridgehead atoms. The van der Waals surface area contributed by atoms with Crippen LogP contribution < -0.4 is 5.32 Å². The fraction of sp³-hybridized carbons (Fsp3) is 0.700. The van der Waals surface area contributed by atoms with Crippen LogP contribution in [-0.2, 0) is 16.9 Å². The molecule has 6 heteroatoms. The summed E-state index contributed by atoms with van der Waals surface area (Å²) in [6.07, 6.45) is 2.02. The first-order valence-electron chi connectivity index (χ1n) is 5.33. The number of nitrogens with zero attached hydrogens (tertiary/aromatic N) is 3. The van der Waals surface area contributed by atoms with Crippen LogP contribution in [0.5, 0.6) is 0 Å². The molecule has 0 aliphatic heterocycles. The summed E-state index contributed by atoms with van der Waals surface area (Å²) in [5.74, 6) is -0.0113. The maximum absolute atomic E-state index is 11.2. The van der Waals surface area contributed by atoms with Crippen molar-refractivity contribution in [2.24, 2.45) is 0 Å². The Morgan fingerprint density at radius 3 is 2.81 bits per heavy atom. The maximum atomic E-state index is 11.2. The van der Waals surface area contributed by atoms with Gasteiger partial charge in [0.15, 0.2) is 0 Å². The van der Waals surface area contributed by atoms with Crippen LogP contribution in [0.1, 0.15) is 32.9 Å². The highest BCUT2D eigenvalue weighted by Gasteiger charge is 2.19. The van der Waals surface area contributed by atoms with Crippen LogP contribution in [0.3, 0.4) is 0 Å². The van der Waals surface area contributed by atoms with E-state index in [4.69, 9.17) is 0 Å². The number of rotatable bonds is 5. The molecule has 6 nitrogen and oxygen atoms in total. The highest BCUT2D eigenvalue weighted by molar-refractivity contribution is 5.75. The first-order valence-corrected chi connectivity index (χ1v) is 5.33. The van der Waals surface area contributed by atoms with Gasteiger partial charge in [-0.2, -0.15) is 0 Å². The molecule has 90 valence electrons. The Kier molecular flexibility index (Phi) is 4.00. The topological polar surface area (TPSA) is 80.0 Å². The number of aryl methyl sites for hydroxylation is 1. The average Bonchev–Trinajstić information content (AvgIpc) is 2.63. The number of aromatic nitrogens is 3. The molecule has 0 radical (unpaired) electrons. The zero-order chi connectivity index (χ0) is 12.2. The predicted octanol–water partition coefficient (Wildman–Crippen LogP) is 0.0317. The van der Waals surface area contributed by atoms with Gasteiger partial charge in [-0.05, 0) is 20.8 Å². The van der Waals surface area contributed by atoms with Gasteiger partial charge < -0.3 is 10.4 Å². The molecule has 1 heterocycles. The van der Waals surface area contributed by atoms with E-state index in [-0.39, 0.29) is 5.91 Å². The van der Waals surface area contributed by atoms with Gasteiger partial charge in [-0.25, -0.2) is 0 Å². The van der Waals surface area contributed by atoms with Crippen molar-refractivity contribution in [2.75, 3.05) is 6.54 Å². The molecule has 0 aliphatic rings. The summed E-state index contributed by atoms with van der Waals surface area (Å²) in [5, 5.41) is 20.1. The maximum Gasteiger partial charge on any atom is 0.221 e. The van der Waals surface area contributed by atoms with Gasteiger partial charge in [-0.1, -0.05) is 5.21 Å². The van der Waals surface area contributed by atoms with E-state index in [1.807, 2.05) is 6.92 Å². The number of aliphatic hydroxyl groups is 1.